The third-order valence-electron chi connectivity index (χ3n) is 4.24. The number of benzene rings is 3. The first-order valence-electron chi connectivity index (χ1n) is 8.76. The third-order valence-corrected chi connectivity index (χ3v) is 4.47. The number of rotatable bonds is 6. The fourth-order valence-corrected chi connectivity index (χ4v) is 2.95. The van der Waals surface area contributed by atoms with Gasteiger partial charge in [-0.25, -0.2) is 0 Å². The zero-order valence-corrected chi connectivity index (χ0v) is 16.8. The van der Waals surface area contributed by atoms with E-state index in [4.69, 9.17) is 16.3 Å². The van der Waals surface area contributed by atoms with Crippen LogP contribution in [0.2, 0.25) is 5.02 Å². The van der Waals surface area contributed by atoms with Gasteiger partial charge in [-0.3, -0.25) is 25.2 Å². The van der Waals surface area contributed by atoms with E-state index in [2.05, 4.69) is 4.99 Å². The Morgan fingerprint density at radius 3 is 2.33 bits per heavy atom. The Bertz CT molecular complexity index is 1180. The Labute approximate surface area is 176 Å². The number of ether oxygens (including phenoxy) is 1. The van der Waals surface area contributed by atoms with Crippen molar-refractivity contribution >= 4 is 34.9 Å². The fourth-order valence-electron chi connectivity index (χ4n) is 2.77. The number of hydrogen-bond acceptors (Lipinski definition) is 6. The molecule has 3 aromatic carbocycles. The van der Waals surface area contributed by atoms with Crippen molar-refractivity contribution in [3.63, 3.8) is 0 Å². The molecular weight excluding hydrogens is 410 g/mol. The standard InChI is InChI=1S/C21H16ClN3O5/c1-13-3-6-18(14(2)9-13)23-12-15-10-16(22)4-7-20(15)30-21-8-5-17(24(26)27)11-19(21)25(28)29/h3-12H,1-2H3. The summed E-state index contributed by atoms with van der Waals surface area (Å²) in [5, 5.41) is 22.7. The lowest BCUT2D eigenvalue weighted by Crippen LogP contribution is -1.97. The largest absolute Gasteiger partial charge is 0.449 e. The lowest BCUT2D eigenvalue weighted by molar-refractivity contribution is -0.394. The minimum atomic E-state index is -0.734. The van der Waals surface area contributed by atoms with Crippen molar-refractivity contribution in [1.82, 2.24) is 0 Å². The molecule has 30 heavy (non-hydrogen) atoms. The molecule has 0 radical (unpaired) electrons. The van der Waals surface area contributed by atoms with Crippen LogP contribution in [0, 0.1) is 34.1 Å². The van der Waals surface area contributed by atoms with Gasteiger partial charge in [-0.05, 0) is 49.7 Å². The molecule has 0 fully saturated rings. The molecule has 0 aliphatic carbocycles. The Morgan fingerprint density at radius 1 is 0.933 bits per heavy atom. The van der Waals surface area contributed by atoms with Crippen LogP contribution in [0.3, 0.4) is 0 Å². The minimum absolute atomic E-state index is 0.130. The molecule has 0 atom stereocenters. The Hall–Kier alpha value is -3.78. The van der Waals surface area contributed by atoms with Gasteiger partial charge in [0.1, 0.15) is 5.75 Å². The SMILES string of the molecule is Cc1ccc(N=Cc2cc(Cl)ccc2Oc2ccc([N+](=O)[O-])cc2[N+](=O)[O-])c(C)c1. The number of halogens is 1. The van der Waals surface area contributed by atoms with Gasteiger partial charge in [0.2, 0.25) is 5.75 Å². The van der Waals surface area contributed by atoms with Crippen molar-refractivity contribution in [3.05, 3.63) is 96.5 Å². The van der Waals surface area contributed by atoms with Gasteiger partial charge in [0, 0.05) is 22.9 Å². The average Bonchev–Trinajstić information content (AvgIpc) is 2.69. The molecule has 0 spiro atoms. The zero-order chi connectivity index (χ0) is 21.8. The van der Waals surface area contributed by atoms with E-state index in [1.807, 2.05) is 32.0 Å². The van der Waals surface area contributed by atoms with Crippen molar-refractivity contribution in [2.75, 3.05) is 0 Å². The molecule has 0 aliphatic heterocycles. The van der Waals surface area contributed by atoms with E-state index in [0.29, 0.717) is 10.6 Å². The highest BCUT2D eigenvalue weighted by molar-refractivity contribution is 6.30. The molecule has 0 heterocycles. The minimum Gasteiger partial charge on any atom is -0.449 e. The molecular formula is C21H16ClN3O5. The quantitative estimate of drug-likeness (QED) is 0.261. The Balaban J connectivity index is 1.99. The first kappa shape index (κ1) is 20.9. The molecule has 0 saturated carbocycles. The van der Waals surface area contributed by atoms with E-state index in [-0.39, 0.29) is 11.5 Å². The van der Waals surface area contributed by atoms with Crippen molar-refractivity contribution in [2.45, 2.75) is 13.8 Å². The molecule has 152 valence electrons. The second-order valence-electron chi connectivity index (χ2n) is 6.50. The Kier molecular flexibility index (Phi) is 6.08. The maximum absolute atomic E-state index is 11.4. The van der Waals surface area contributed by atoms with Crippen LogP contribution in [0.5, 0.6) is 11.5 Å². The van der Waals surface area contributed by atoms with Crippen molar-refractivity contribution in [2.24, 2.45) is 4.99 Å². The molecule has 0 unspecified atom stereocenters. The molecule has 0 bridgehead atoms. The van der Waals surface area contributed by atoms with Crippen LogP contribution in [0.4, 0.5) is 17.1 Å². The number of hydrogen-bond donors (Lipinski definition) is 0. The van der Waals surface area contributed by atoms with Crippen LogP contribution in [0.1, 0.15) is 16.7 Å². The number of nitro groups is 2. The fraction of sp³-hybridized carbons (Fsp3) is 0.0952. The number of aliphatic imine (C=N–C) groups is 1. The van der Waals surface area contributed by atoms with Gasteiger partial charge in [-0.15, -0.1) is 0 Å². The molecule has 3 rings (SSSR count). The maximum atomic E-state index is 11.4. The summed E-state index contributed by atoms with van der Waals surface area (Å²) in [6, 6.07) is 13.7. The monoisotopic (exact) mass is 425 g/mol. The summed E-state index contributed by atoms with van der Waals surface area (Å²) >= 11 is 6.09. The van der Waals surface area contributed by atoms with Crippen LogP contribution in [0.15, 0.2) is 59.6 Å². The lowest BCUT2D eigenvalue weighted by atomic mass is 10.1. The van der Waals surface area contributed by atoms with Gasteiger partial charge < -0.3 is 4.74 Å². The molecule has 3 aromatic rings. The first-order valence-corrected chi connectivity index (χ1v) is 9.14. The summed E-state index contributed by atoms with van der Waals surface area (Å²) < 4.78 is 5.72. The van der Waals surface area contributed by atoms with Gasteiger partial charge >= 0.3 is 5.69 Å². The maximum Gasteiger partial charge on any atom is 0.318 e. The van der Waals surface area contributed by atoms with Crippen LogP contribution >= 0.6 is 11.6 Å². The molecule has 0 amide bonds. The molecule has 0 saturated heterocycles. The lowest BCUT2D eigenvalue weighted by Gasteiger charge is -2.10. The van der Waals surface area contributed by atoms with Crippen LogP contribution in [-0.4, -0.2) is 16.1 Å². The third kappa shape index (κ3) is 4.79. The van der Waals surface area contributed by atoms with Crippen molar-refractivity contribution in [3.8, 4) is 11.5 Å². The number of nitrogens with zero attached hydrogens (tertiary/aromatic N) is 3. The predicted molar refractivity (Wildman–Crippen MR) is 114 cm³/mol. The Morgan fingerprint density at radius 2 is 1.67 bits per heavy atom. The first-order chi connectivity index (χ1) is 14.2. The van der Waals surface area contributed by atoms with E-state index < -0.39 is 21.2 Å². The van der Waals surface area contributed by atoms with Gasteiger partial charge in [0.15, 0.2) is 0 Å². The van der Waals surface area contributed by atoms with Gasteiger partial charge in [-0.2, -0.15) is 0 Å². The molecule has 0 N–H and O–H groups in total. The summed E-state index contributed by atoms with van der Waals surface area (Å²) in [6.07, 6.45) is 1.55. The summed E-state index contributed by atoms with van der Waals surface area (Å²) in [7, 11) is 0. The zero-order valence-electron chi connectivity index (χ0n) is 16.0. The number of non-ortho nitro benzene ring substituents is 1. The van der Waals surface area contributed by atoms with Crippen LogP contribution in [0.25, 0.3) is 0 Å². The highest BCUT2D eigenvalue weighted by atomic mass is 35.5. The summed E-state index contributed by atoms with van der Waals surface area (Å²) in [5.74, 6) is 0.138. The average molecular weight is 426 g/mol. The topological polar surface area (TPSA) is 108 Å². The highest BCUT2D eigenvalue weighted by Crippen LogP contribution is 2.36. The number of aryl methyl sites for hydroxylation is 2. The smallest absolute Gasteiger partial charge is 0.318 e. The van der Waals surface area contributed by atoms with Crippen LogP contribution in [-0.2, 0) is 0 Å². The summed E-state index contributed by atoms with van der Waals surface area (Å²) in [6.45, 7) is 3.93. The van der Waals surface area contributed by atoms with Gasteiger partial charge in [-0.1, -0.05) is 29.3 Å². The second-order valence-corrected chi connectivity index (χ2v) is 6.94. The molecule has 0 aliphatic rings. The molecule has 8 nitrogen and oxygen atoms in total. The van der Waals surface area contributed by atoms with Crippen molar-refractivity contribution < 1.29 is 14.6 Å². The molecule has 9 heteroatoms. The normalized spacial score (nSPS) is 10.9. The number of nitro benzene ring substituents is 2. The van der Waals surface area contributed by atoms with E-state index in [9.17, 15) is 20.2 Å². The van der Waals surface area contributed by atoms with E-state index in [0.717, 1.165) is 28.9 Å². The van der Waals surface area contributed by atoms with E-state index >= 15 is 0 Å². The van der Waals surface area contributed by atoms with Crippen LogP contribution < -0.4 is 4.74 Å². The van der Waals surface area contributed by atoms with Gasteiger partial charge in [0.05, 0.1) is 21.6 Å². The van der Waals surface area contributed by atoms with Gasteiger partial charge in [0.25, 0.3) is 5.69 Å². The second kappa shape index (κ2) is 8.71. The summed E-state index contributed by atoms with van der Waals surface area (Å²) in [4.78, 5) is 25.3. The molecule has 0 aromatic heterocycles. The van der Waals surface area contributed by atoms with Crippen molar-refractivity contribution in [1.29, 1.82) is 0 Å². The highest BCUT2D eigenvalue weighted by Gasteiger charge is 2.22. The predicted octanol–water partition coefficient (Wildman–Crippen LogP) is 6.32. The van der Waals surface area contributed by atoms with E-state index in [1.54, 1.807) is 24.4 Å². The van der Waals surface area contributed by atoms with E-state index in [1.165, 1.54) is 6.07 Å². The summed E-state index contributed by atoms with van der Waals surface area (Å²) in [5.41, 5.74) is 2.44.